The molecule has 0 radical (unpaired) electrons. The molecule has 5 nitrogen and oxygen atoms in total. The molecule has 2 heterocycles. The number of carbonyl (C=O) groups excluding carboxylic acids is 1. The van der Waals surface area contributed by atoms with Crippen LogP contribution in [-0.2, 0) is 0 Å². The molecule has 1 N–H and O–H groups in total. The number of benzene rings is 1. The van der Waals surface area contributed by atoms with E-state index >= 15 is 0 Å². The number of aromatic nitrogens is 2. The quantitative estimate of drug-likeness (QED) is 0.801. The van der Waals surface area contributed by atoms with Crippen LogP contribution in [0.3, 0.4) is 0 Å². The molecule has 2 aromatic heterocycles. The molecule has 0 atom stereocenters. The summed E-state index contributed by atoms with van der Waals surface area (Å²) in [6, 6.07) is 10.6. The fourth-order valence-electron chi connectivity index (χ4n) is 1.80. The Balaban J connectivity index is 1.77. The molecule has 21 heavy (non-hydrogen) atoms. The van der Waals surface area contributed by atoms with Crippen LogP contribution < -0.4 is 5.32 Å². The number of hydrogen-bond acceptors (Lipinski definition) is 4. The second kappa shape index (κ2) is 5.54. The molecule has 0 aliphatic heterocycles. The van der Waals surface area contributed by atoms with Crippen molar-refractivity contribution < 1.29 is 13.7 Å². The zero-order valence-corrected chi connectivity index (χ0v) is 10.8. The van der Waals surface area contributed by atoms with Crippen molar-refractivity contribution in [2.45, 2.75) is 0 Å². The summed E-state index contributed by atoms with van der Waals surface area (Å²) < 4.78 is 18.1. The van der Waals surface area contributed by atoms with Crippen LogP contribution in [0, 0.1) is 5.82 Å². The minimum atomic E-state index is -0.476. The third kappa shape index (κ3) is 2.94. The maximum absolute atomic E-state index is 13.1. The monoisotopic (exact) mass is 283 g/mol. The molecule has 0 fully saturated rings. The van der Waals surface area contributed by atoms with E-state index in [9.17, 15) is 9.18 Å². The van der Waals surface area contributed by atoms with Crippen LogP contribution in [0.1, 0.15) is 10.4 Å². The van der Waals surface area contributed by atoms with Gasteiger partial charge in [0.2, 0.25) is 5.88 Å². The third-order valence-electron chi connectivity index (χ3n) is 2.79. The highest BCUT2D eigenvalue weighted by atomic mass is 19.1. The Hall–Kier alpha value is -3.02. The first-order valence-electron chi connectivity index (χ1n) is 6.16. The van der Waals surface area contributed by atoms with E-state index in [4.69, 9.17) is 4.52 Å². The van der Waals surface area contributed by atoms with Crippen LogP contribution in [0.5, 0.6) is 0 Å². The number of halogens is 1. The number of anilines is 1. The normalized spacial score (nSPS) is 10.3. The Morgan fingerprint density at radius 3 is 2.86 bits per heavy atom. The van der Waals surface area contributed by atoms with Crippen molar-refractivity contribution in [2.75, 3.05) is 5.32 Å². The van der Waals surface area contributed by atoms with Crippen LogP contribution in [0.2, 0.25) is 0 Å². The predicted octanol–water partition coefficient (Wildman–Crippen LogP) is 3.13. The van der Waals surface area contributed by atoms with Crippen LogP contribution in [0.25, 0.3) is 11.3 Å². The average molecular weight is 283 g/mol. The van der Waals surface area contributed by atoms with Crippen LogP contribution >= 0.6 is 0 Å². The molecule has 104 valence electrons. The minimum Gasteiger partial charge on any atom is -0.338 e. The summed E-state index contributed by atoms with van der Waals surface area (Å²) in [4.78, 5) is 15.9. The number of rotatable bonds is 3. The van der Waals surface area contributed by atoms with E-state index in [1.807, 2.05) is 6.07 Å². The van der Waals surface area contributed by atoms with Crippen molar-refractivity contribution in [3.05, 3.63) is 66.2 Å². The summed E-state index contributed by atoms with van der Waals surface area (Å²) >= 11 is 0. The number of nitrogens with one attached hydrogen (secondary N) is 1. The highest BCUT2D eigenvalue weighted by Crippen LogP contribution is 2.21. The summed E-state index contributed by atoms with van der Waals surface area (Å²) in [7, 11) is 0. The lowest BCUT2D eigenvalue weighted by Crippen LogP contribution is -2.11. The van der Waals surface area contributed by atoms with Gasteiger partial charge < -0.3 is 4.52 Å². The zero-order valence-electron chi connectivity index (χ0n) is 10.8. The SMILES string of the molecule is O=C(Nc1cc(-c2cccnc2)no1)c1cccc(F)c1. The molecular formula is C15H10FN3O2. The van der Waals surface area contributed by atoms with Crippen molar-refractivity contribution in [1.29, 1.82) is 0 Å². The largest absolute Gasteiger partial charge is 0.338 e. The first-order chi connectivity index (χ1) is 10.2. The smallest absolute Gasteiger partial charge is 0.258 e. The molecule has 0 bridgehead atoms. The summed E-state index contributed by atoms with van der Waals surface area (Å²) in [6.45, 7) is 0. The topological polar surface area (TPSA) is 68.0 Å². The van der Waals surface area contributed by atoms with Crippen LogP contribution in [0.4, 0.5) is 10.3 Å². The molecule has 0 spiro atoms. The van der Waals surface area contributed by atoms with Gasteiger partial charge in [-0.15, -0.1) is 0 Å². The fraction of sp³-hybridized carbons (Fsp3) is 0. The van der Waals surface area contributed by atoms with Crippen molar-refractivity contribution in [3.8, 4) is 11.3 Å². The van der Waals surface area contributed by atoms with Gasteiger partial charge in [0, 0.05) is 29.6 Å². The van der Waals surface area contributed by atoms with Gasteiger partial charge in [-0.25, -0.2) is 4.39 Å². The first kappa shape index (κ1) is 13.0. The van der Waals surface area contributed by atoms with Gasteiger partial charge in [-0.3, -0.25) is 15.1 Å². The van der Waals surface area contributed by atoms with E-state index in [0.29, 0.717) is 5.69 Å². The highest BCUT2D eigenvalue weighted by Gasteiger charge is 2.11. The minimum absolute atomic E-state index is 0.183. The molecule has 0 unspecified atom stereocenters. The van der Waals surface area contributed by atoms with Gasteiger partial charge in [0.1, 0.15) is 11.5 Å². The first-order valence-corrected chi connectivity index (χ1v) is 6.16. The Morgan fingerprint density at radius 2 is 2.10 bits per heavy atom. The maximum Gasteiger partial charge on any atom is 0.258 e. The molecule has 1 amide bonds. The zero-order chi connectivity index (χ0) is 14.7. The third-order valence-corrected chi connectivity index (χ3v) is 2.79. The molecule has 1 aromatic carbocycles. The Kier molecular flexibility index (Phi) is 3.42. The molecule has 6 heteroatoms. The molecule has 3 aromatic rings. The van der Waals surface area contributed by atoms with Gasteiger partial charge in [0.25, 0.3) is 5.91 Å². The number of pyridine rings is 1. The van der Waals surface area contributed by atoms with Crippen molar-refractivity contribution in [2.24, 2.45) is 0 Å². The second-order valence-corrected chi connectivity index (χ2v) is 4.28. The van der Waals surface area contributed by atoms with Gasteiger partial charge in [-0.05, 0) is 30.3 Å². The number of hydrogen-bond donors (Lipinski definition) is 1. The molecule has 0 saturated heterocycles. The average Bonchev–Trinajstić information content (AvgIpc) is 2.97. The summed E-state index contributed by atoms with van der Waals surface area (Å²) in [6.07, 6.45) is 3.28. The van der Waals surface area contributed by atoms with Crippen molar-refractivity contribution >= 4 is 11.8 Å². The van der Waals surface area contributed by atoms with E-state index in [2.05, 4.69) is 15.5 Å². The Morgan fingerprint density at radius 1 is 1.19 bits per heavy atom. The van der Waals surface area contributed by atoms with E-state index in [0.717, 1.165) is 11.6 Å². The fourth-order valence-corrected chi connectivity index (χ4v) is 1.80. The predicted molar refractivity (Wildman–Crippen MR) is 74.1 cm³/mol. The van der Waals surface area contributed by atoms with Gasteiger partial charge in [-0.1, -0.05) is 11.2 Å². The van der Waals surface area contributed by atoms with Gasteiger partial charge in [-0.2, -0.15) is 0 Å². The lowest BCUT2D eigenvalue weighted by atomic mass is 10.2. The summed E-state index contributed by atoms with van der Waals surface area (Å²) in [5.41, 5.74) is 1.53. The molecule has 3 rings (SSSR count). The number of amides is 1. The van der Waals surface area contributed by atoms with Crippen molar-refractivity contribution in [1.82, 2.24) is 10.1 Å². The number of carbonyl (C=O) groups is 1. The van der Waals surface area contributed by atoms with E-state index in [1.54, 1.807) is 24.5 Å². The standard InChI is InChI=1S/C15H10FN3O2/c16-12-5-1-3-10(7-12)15(20)18-14-8-13(19-21-14)11-4-2-6-17-9-11/h1-9H,(H,18,20). The van der Waals surface area contributed by atoms with Gasteiger partial charge in [0.05, 0.1) is 0 Å². The van der Waals surface area contributed by atoms with E-state index in [1.165, 1.54) is 18.2 Å². The number of nitrogens with zero attached hydrogens (tertiary/aromatic N) is 2. The maximum atomic E-state index is 13.1. The molecule has 0 saturated carbocycles. The lowest BCUT2D eigenvalue weighted by molar-refractivity contribution is 0.102. The summed E-state index contributed by atoms with van der Waals surface area (Å²) in [5.74, 6) is -0.761. The van der Waals surface area contributed by atoms with Crippen molar-refractivity contribution in [3.63, 3.8) is 0 Å². The van der Waals surface area contributed by atoms with E-state index < -0.39 is 11.7 Å². The van der Waals surface area contributed by atoms with E-state index in [-0.39, 0.29) is 11.4 Å². The Bertz CT molecular complexity index is 771. The molecule has 0 aliphatic carbocycles. The molecular weight excluding hydrogens is 273 g/mol. The van der Waals surface area contributed by atoms with Crippen LogP contribution in [-0.4, -0.2) is 16.0 Å². The lowest BCUT2D eigenvalue weighted by Gasteiger charge is -2.00. The van der Waals surface area contributed by atoms with Gasteiger partial charge >= 0.3 is 0 Å². The molecule has 0 aliphatic rings. The van der Waals surface area contributed by atoms with Gasteiger partial charge in [0.15, 0.2) is 0 Å². The Labute approximate surface area is 119 Å². The highest BCUT2D eigenvalue weighted by molar-refractivity contribution is 6.03. The second-order valence-electron chi connectivity index (χ2n) is 4.28. The van der Waals surface area contributed by atoms with Crippen LogP contribution in [0.15, 0.2) is 59.4 Å². The summed E-state index contributed by atoms with van der Waals surface area (Å²) in [5, 5.41) is 6.37.